The van der Waals surface area contributed by atoms with Crippen LogP contribution in [0, 0.1) is 18.3 Å². The average Bonchev–Trinajstić information content (AvgIpc) is 3.02. The number of aliphatic hydroxyl groups excluding tert-OH is 2. The Morgan fingerprint density at radius 1 is 1.41 bits per heavy atom. The third-order valence-electron chi connectivity index (χ3n) is 6.55. The van der Waals surface area contributed by atoms with E-state index in [1.54, 1.807) is 23.5 Å². The number of halogens is 1. The molecule has 1 heterocycles. The van der Waals surface area contributed by atoms with Crippen LogP contribution in [0.1, 0.15) is 57.4 Å². The molecule has 4 nitrogen and oxygen atoms in total. The fourth-order valence-electron chi connectivity index (χ4n) is 4.78. The zero-order valence-corrected chi connectivity index (χ0v) is 18.6. The molecule has 0 bridgehead atoms. The highest BCUT2D eigenvalue weighted by atomic mass is 35.5. The van der Waals surface area contributed by atoms with Gasteiger partial charge in [-0.1, -0.05) is 31.5 Å². The van der Waals surface area contributed by atoms with Crippen molar-refractivity contribution in [3.8, 4) is 5.75 Å². The summed E-state index contributed by atoms with van der Waals surface area (Å²) in [5.74, 6) is 2.04. The van der Waals surface area contributed by atoms with Crippen LogP contribution in [0.15, 0.2) is 18.2 Å². The molecule has 2 aliphatic rings. The summed E-state index contributed by atoms with van der Waals surface area (Å²) in [6.45, 7) is 6.46. The van der Waals surface area contributed by atoms with Gasteiger partial charge >= 0.3 is 0 Å². The smallest absolute Gasteiger partial charge is 0.173 e. The molecule has 2 aromatic rings. The molecule has 0 radical (unpaired) electrons. The van der Waals surface area contributed by atoms with Gasteiger partial charge in [0.25, 0.3) is 0 Å². The van der Waals surface area contributed by atoms with Crippen molar-refractivity contribution in [3.05, 3.63) is 49.7 Å². The lowest BCUT2D eigenvalue weighted by Crippen LogP contribution is -2.21. The highest BCUT2D eigenvalue weighted by Gasteiger charge is 2.63. The SMILES string of the molecule is Cc1sc(C(=O)CCc2ccc(OC[C@H](O)CO)c(Cl)c2)c2c1[C@H]1[C@@H](C2)C1(C)C. The minimum atomic E-state index is -0.934. The molecular weight excluding hydrogens is 408 g/mol. The highest BCUT2D eigenvalue weighted by molar-refractivity contribution is 7.14. The fraction of sp³-hybridized carbons (Fsp3) is 0.522. The maximum absolute atomic E-state index is 12.9. The van der Waals surface area contributed by atoms with E-state index in [4.69, 9.17) is 21.4 Å². The van der Waals surface area contributed by atoms with E-state index in [0.29, 0.717) is 40.9 Å². The van der Waals surface area contributed by atoms with Crippen molar-refractivity contribution < 1.29 is 19.7 Å². The monoisotopic (exact) mass is 434 g/mol. The number of carbonyl (C=O) groups excluding carboxylic acids is 1. The first-order valence-electron chi connectivity index (χ1n) is 10.1. The van der Waals surface area contributed by atoms with Gasteiger partial charge in [0, 0.05) is 11.3 Å². The Kier molecular flexibility index (Phi) is 5.53. The number of ether oxygens (including phenoxy) is 1. The van der Waals surface area contributed by atoms with Crippen molar-refractivity contribution in [2.75, 3.05) is 13.2 Å². The Balaban J connectivity index is 1.39. The molecule has 2 aliphatic carbocycles. The standard InChI is InChI=1S/C23H27ClO4S/c1-12-20-15(9-16-21(20)23(16,2)3)22(29-12)18(27)6-4-13-5-7-19(17(24)8-13)28-11-14(26)10-25/h5,7-8,14,16,21,25-26H,4,6,9-11H2,1-3H3/t14-,16-,21-/m1/s1. The van der Waals surface area contributed by atoms with E-state index in [-0.39, 0.29) is 19.0 Å². The predicted molar refractivity (Wildman–Crippen MR) is 115 cm³/mol. The van der Waals surface area contributed by atoms with Crippen molar-refractivity contribution in [2.24, 2.45) is 11.3 Å². The third kappa shape index (κ3) is 3.74. The number of ketones is 1. The number of aryl methyl sites for hydroxylation is 2. The van der Waals surface area contributed by atoms with Crippen LogP contribution in [0.25, 0.3) is 0 Å². The van der Waals surface area contributed by atoms with Gasteiger partial charge in [0.1, 0.15) is 18.5 Å². The van der Waals surface area contributed by atoms with Crippen molar-refractivity contribution in [1.82, 2.24) is 0 Å². The second kappa shape index (κ2) is 7.69. The first kappa shape index (κ1) is 20.9. The van der Waals surface area contributed by atoms with E-state index in [1.807, 2.05) is 6.07 Å². The number of Topliss-reactive ketones (excluding diaryl/α,β-unsaturated/α-hetero) is 1. The fourth-order valence-corrected chi connectivity index (χ4v) is 6.24. The molecule has 0 amide bonds. The molecule has 2 N–H and O–H groups in total. The Bertz CT molecular complexity index is 949. The van der Waals surface area contributed by atoms with Gasteiger partial charge in [0.05, 0.1) is 16.5 Å². The lowest BCUT2D eigenvalue weighted by Gasteiger charge is -2.12. The normalized spacial score (nSPS) is 22.1. The molecule has 156 valence electrons. The van der Waals surface area contributed by atoms with Crippen molar-refractivity contribution in [2.45, 2.75) is 52.1 Å². The van der Waals surface area contributed by atoms with E-state index in [2.05, 4.69) is 20.8 Å². The minimum Gasteiger partial charge on any atom is -0.489 e. The molecule has 0 aliphatic heterocycles. The number of rotatable bonds is 8. The van der Waals surface area contributed by atoms with Crippen molar-refractivity contribution in [1.29, 1.82) is 0 Å². The number of aliphatic hydroxyl groups is 2. The highest BCUT2D eigenvalue weighted by Crippen LogP contribution is 2.71. The van der Waals surface area contributed by atoms with Gasteiger partial charge in [-0.3, -0.25) is 4.79 Å². The number of thiophene rings is 1. The summed E-state index contributed by atoms with van der Waals surface area (Å²) in [4.78, 5) is 15.2. The zero-order chi connectivity index (χ0) is 20.9. The second-order valence-electron chi connectivity index (χ2n) is 8.82. The summed E-state index contributed by atoms with van der Waals surface area (Å²) in [7, 11) is 0. The van der Waals surface area contributed by atoms with Gasteiger partial charge in [-0.05, 0) is 65.8 Å². The third-order valence-corrected chi connectivity index (χ3v) is 8.05. The van der Waals surface area contributed by atoms with Crippen LogP contribution >= 0.6 is 22.9 Å². The van der Waals surface area contributed by atoms with Crippen LogP contribution in [-0.4, -0.2) is 35.3 Å². The molecule has 0 unspecified atom stereocenters. The first-order chi connectivity index (χ1) is 13.7. The summed E-state index contributed by atoms with van der Waals surface area (Å²) in [6, 6.07) is 5.44. The number of hydrogen-bond acceptors (Lipinski definition) is 5. The largest absolute Gasteiger partial charge is 0.489 e. The summed E-state index contributed by atoms with van der Waals surface area (Å²) in [5, 5.41) is 18.7. The summed E-state index contributed by atoms with van der Waals surface area (Å²) in [5.41, 5.74) is 4.15. The van der Waals surface area contributed by atoms with Crippen LogP contribution in [0.5, 0.6) is 5.75 Å². The molecule has 6 heteroatoms. The Hall–Kier alpha value is -1.40. The maximum atomic E-state index is 12.9. The molecule has 4 rings (SSSR count). The molecule has 1 fully saturated rings. The van der Waals surface area contributed by atoms with Crippen molar-refractivity contribution in [3.63, 3.8) is 0 Å². The zero-order valence-electron chi connectivity index (χ0n) is 17.0. The van der Waals surface area contributed by atoms with Crippen LogP contribution in [0.3, 0.4) is 0 Å². The van der Waals surface area contributed by atoms with Crippen LogP contribution in [-0.2, 0) is 12.8 Å². The van der Waals surface area contributed by atoms with Gasteiger partial charge in [-0.15, -0.1) is 11.3 Å². The van der Waals surface area contributed by atoms with Gasteiger partial charge in [-0.25, -0.2) is 0 Å². The molecular formula is C23H27ClO4S. The van der Waals surface area contributed by atoms with Crippen LogP contribution < -0.4 is 4.74 Å². The van der Waals surface area contributed by atoms with Crippen LogP contribution in [0.4, 0.5) is 0 Å². The van der Waals surface area contributed by atoms with Gasteiger partial charge in [0.15, 0.2) is 5.78 Å². The number of benzene rings is 1. The van der Waals surface area contributed by atoms with E-state index in [9.17, 15) is 9.90 Å². The molecule has 0 saturated heterocycles. The molecule has 1 saturated carbocycles. The van der Waals surface area contributed by atoms with Crippen LogP contribution in [0.2, 0.25) is 5.02 Å². The average molecular weight is 435 g/mol. The summed E-state index contributed by atoms with van der Waals surface area (Å²) < 4.78 is 5.42. The Morgan fingerprint density at radius 2 is 2.17 bits per heavy atom. The Labute approximate surface area is 180 Å². The topological polar surface area (TPSA) is 66.8 Å². The van der Waals surface area contributed by atoms with E-state index >= 15 is 0 Å². The summed E-state index contributed by atoms with van der Waals surface area (Å²) >= 11 is 7.93. The van der Waals surface area contributed by atoms with E-state index in [1.165, 1.54) is 16.0 Å². The number of carbonyl (C=O) groups is 1. The van der Waals surface area contributed by atoms with E-state index in [0.717, 1.165) is 16.9 Å². The van der Waals surface area contributed by atoms with Crippen molar-refractivity contribution >= 4 is 28.7 Å². The minimum absolute atomic E-state index is 0.0182. The first-order valence-corrected chi connectivity index (χ1v) is 11.3. The maximum Gasteiger partial charge on any atom is 0.173 e. The molecule has 0 spiro atoms. The quantitative estimate of drug-likeness (QED) is 0.598. The van der Waals surface area contributed by atoms with E-state index < -0.39 is 6.10 Å². The number of fused-ring (bicyclic) bond motifs is 3. The Morgan fingerprint density at radius 3 is 2.86 bits per heavy atom. The molecule has 29 heavy (non-hydrogen) atoms. The molecule has 1 aromatic heterocycles. The predicted octanol–water partition coefficient (Wildman–Crippen LogP) is 4.55. The second-order valence-corrected chi connectivity index (χ2v) is 10.5. The lowest BCUT2D eigenvalue weighted by molar-refractivity contribution is 0.0536. The lowest BCUT2D eigenvalue weighted by atomic mass is 9.94. The van der Waals surface area contributed by atoms with Gasteiger partial charge in [0.2, 0.25) is 0 Å². The molecule has 3 atom stereocenters. The van der Waals surface area contributed by atoms with Gasteiger partial charge in [-0.2, -0.15) is 0 Å². The summed E-state index contributed by atoms with van der Waals surface area (Å²) in [6.07, 6.45) is 1.21. The molecule has 1 aromatic carbocycles. The number of hydrogen-bond donors (Lipinski definition) is 2. The van der Waals surface area contributed by atoms with Gasteiger partial charge < -0.3 is 14.9 Å².